The van der Waals surface area contributed by atoms with E-state index in [0.717, 1.165) is 18.3 Å². The molecule has 1 heterocycles. The first-order valence-electron chi connectivity index (χ1n) is 3.36. The van der Waals surface area contributed by atoms with Crippen LogP contribution in [0.4, 0.5) is 4.39 Å². The molecule has 0 unspecified atom stereocenters. The summed E-state index contributed by atoms with van der Waals surface area (Å²) in [6.07, 6.45) is 1.05. The molecule has 0 N–H and O–H groups in total. The van der Waals surface area contributed by atoms with Crippen molar-refractivity contribution in [3.05, 3.63) is 29.6 Å². The predicted molar refractivity (Wildman–Crippen MR) is 43.5 cm³/mol. The van der Waals surface area contributed by atoms with E-state index in [1.54, 1.807) is 0 Å². The molecule has 1 aliphatic heterocycles. The highest BCUT2D eigenvalue weighted by atomic mass is 32.2. The van der Waals surface area contributed by atoms with Crippen LogP contribution >= 0.6 is 0 Å². The lowest BCUT2D eigenvalue weighted by Crippen LogP contribution is -2.12. The van der Waals surface area contributed by atoms with Crippen molar-refractivity contribution in [3.63, 3.8) is 0 Å². The van der Waals surface area contributed by atoms with Crippen LogP contribution in [0.15, 0.2) is 22.6 Å². The minimum atomic E-state index is -3.86. The van der Waals surface area contributed by atoms with Crippen molar-refractivity contribution < 1.29 is 17.0 Å². The lowest BCUT2D eigenvalue weighted by atomic mass is 10.2. The number of halogens is 1. The third kappa shape index (κ3) is 1.52. The van der Waals surface area contributed by atoms with E-state index in [2.05, 4.69) is 8.58 Å². The summed E-state index contributed by atoms with van der Waals surface area (Å²) in [4.78, 5) is 0. The monoisotopic (exact) mass is 201 g/mol. The minimum absolute atomic E-state index is 0.0939. The molecule has 0 radical (unpaired) electrons. The van der Waals surface area contributed by atoms with Crippen molar-refractivity contribution in [2.45, 2.75) is 0 Å². The lowest BCUT2D eigenvalue weighted by Gasteiger charge is -2.09. The van der Waals surface area contributed by atoms with E-state index in [1.165, 1.54) is 6.07 Å². The summed E-state index contributed by atoms with van der Waals surface area (Å²) in [7, 11) is -3.86. The maximum Gasteiger partial charge on any atom is 0.428 e. The topological polar surface area (TPSA) is 55.7 Å². The molecule has 0 aliphatic carbocycles. The van der Waals surface area contributed by atoms with Gasteiger partial charge in [-0.1, -0.05) is 0 Å². The molecule has 68 valence electrons. The summed E-state index contributed by atoms with van der Waals surface area (Å²) < 4.78 is 41.8. The molecule has 0 saturated carbocycles. The molecule has 1 aromatic carbocycles. The smallest absolute Gasteiger partial charge is 0.365 e. The van der Waals surface area contributed by atoms with Crippen LogP contribution in [0.25, 0.3) is 0 Å². The summed E-state index contributed by atoms with van der Waals surface area (Å²) in [5.41, 5.74) is 0.315. The van der Waals surface area contributed by atoms with E-state index in [0.29, 0.717) is 5.56 Å². The van der Waals surface area contributed by atoms with Gasteiger partial charge in [-0.15, -0.1) is 4.40 Å². The van der Waals surface area contributed by atoms with E-state index >= 15 is 0 Å². The van der Waals surface area contributed by atoms with Crippen LogP contribution in [0.5, 0.6) is 5.75 Å². The predicted octanol–water partition coefficient (Wildman–Crippen LogP) is 0.882. The minimum Gasteiger partial charge on any atom is -0.365 e. The summed E-state index contributed by atoms with van der Waals surface area (Å²) in [5, 5.41) is 0. The largest absolute Gasteiger partial charge is 0.428 e. The molecular weight excluding hydrogens is 197 g/mol. The molecule has 1 aliphatic rings. The number of rotatable bonds is 0. The zero-order chi connectivity index (χ0) is 9.47. The second-order valence-corrected chi connectivity index (χ2v) is 3.66. The van der Waals surface area contributed by atoms with Crippen LogP contribution in [0.1, 0.15) is 5.56 Å². The Hall–Kier alpha value is -1.43. The molecule has 0 spiro atoms. The van der Waals surface area contributed by atoms with Crippen molar-refractivity contribution in [1.29, 1.82) is 0 Å². The summed E-state index contributed by atoms with van der Waals surface area (Å²) in [6, 6.07) is 3.51. The van der Waals surface area contributed by atoms with E-state index < -0.39 is 16.1 Å². The highest BCUT2D eigenvalue weighted by molar-refractivity contribution is 7.86. The first kappa shape index (κ1) is 8.18. The zero-order valence-electron chi connectivity index (χ0n) is 6.27. The van der Waals surface area contributed by atoms with Crippen LogP contribution in [0.3, 0.4) is 0 Å². The Morgan fingerprint density at radius 3 is 2.92 bits per heavy atom. The molecule has 0 amide bonds. The van der Waals surface area contributed by atoms with Crippen LogP contribution in [-0.2, 0) is 10.3 Å². The Morgan fingerprint density at radius 2 is 2.15 bits per heavy atom. The van der Waals surface area contributed by atoms with E-state index in [9.17, 15) is 12.8 Å². The maximum absolute atomic E-state index is 12.6. The maximum atomic E-state index is 12.6. The molecule has 0 atom stereocenters. The van der Waals surface area contributed by atoms with Gasteiger partial charge in [-0.3, -0.25) is 0 Å². The van der Waals surface area contributed by atoms with E-state index in [1.807, 2.05) is 0 Å². The number of hydrogen-bond donors (Lipinski definition) is 0. The second kappa shape index (κ2) is 2.53. The Labute approximate surface area is 73.9 Å². The van der Waals surface area contributed by atoms with Crippen LogP contribution in [0, 0.1) is 5.82 Å². The fourth-order valence-corrected chi connectivity index (χ4v) is 1.62. The quantitative estimate of drug-likeness (QED) is 0.626. The normalized spacial score (nSPS) is 17.6. The van der Waals surface area contributed by atoms with Crippen molar-refractivity contribution in [2.24, 2.45) is 4.40 Å². The van der Waals surface area contributed by atoms with Gasteiger partial charge in [0.05, 0.1) is 6.21 Å². The molecule has 4 nitrogen and oxygen atoms in total. The van der Waals surface area contributed by atoms with Crippen LogP contribution in [0.2, 0.25) is 0 Å². The fourth-order valence-electron chi connectivity index (χ4n) is 0.952. The van der Waals surface area contributed by atoms with Crippen molar-refractivity contribution in [2.75, 3.05) is 0 Å². The van der Waals surface area contributed by atoms with Gasteiger partial charge in [0, 0.05) is 5.56 Å². The van der Waals surface area contributed by atoms with Gasteiger partial charge in [0.2, 0.25) is 0 Å². The van der Waals surface area contributed by atoms with Crippen LogP contribution < -0.4 is 4.18 Å². The highest BCUT2D eigenvalue weighted by Crippen LogP contribution is 2.23. The van der Waals surface area contributed by atoms with Crippen molar-refractivity contribution in [3.8, 4) is 5.75 Å². The average molecular weight is 201 g/mol. The highest BCUT2D eigenvalue weighted by Gasteiger charge is 2.18. The number of nitrogens with zero attached hydrogens (tertiary/aromatic N) is 1. The van der Waals surface area contributed by atoms with E-state index in [4.69, 9.17) is 0 Å². The zero-order valence-corrected chi connectivity index (χ0v) is 7.08. The van der Waals surface area contributed by atoms with Gasteiger partial charge < -0.3 is 4.18 Å². The first-order valence-corrected chi connectivity index (χ1v) is 4.73. The molecule has 0 bridgehead atoms. The Kier molecular flexibility index (Phi) is 1.59. The Balaban J connectivity index is 2.59. The molecule has 13 heavy (non-hydrogen) atoms. The number of benzene rings is 1. The third-order valence-corrected chi connectivity index (χ3v) is 2.24. The fraction of sp³-hybridized carbons (Fsp3) is 0. The van der Waals surface area contributed by atoms with E-state index in [-0.39, 0.29) is 5.75 Å². The number of fused-ring (bicyclic) bond motifs is 1. The molecule has 1 aromatic rings. The Bertz CT molecular complexity index is 481. The molecule has 0 saturated heterocycles. The summed E-state index contributed by atoms with van der Waals surface area (Å²) in [5.74, 6) is -0.371. The SMILES string of the molecule is O=S1(=O)N=Cc2cc(F)ccc2O1. The standard InChI is InChI=1S/C7H4FNO3S/c8-6-1-2-7-5(3-6)4-9-13(10,11)12-7/h1-4H. The van der Waals surface area contributed by atoms with Gasteiger partial charge in [0.25, 0.3) is 0 Å². The molecule has 0 fully saturated rings. The lowest BCUT2D eigenvalue weighted by molar-refractivity contribution is 0.484. The molecular formula is C7H4FNO3S. The Morgan fingerprint density at radius 1 is 1.38 bits per heavy atom. The van der Waals surface area contributed by atoms with Crippen molar-refractivity contribution in [1.82, 2.24) is 0 Å². The summed E-state index contributed by atoms with van der Waals surface area (Å²) in [6.45, 7) is 0. The van der Waals surface area contributed by atoms with Gasteiger partial charge in [0.15, 0.2) is 5.75 Å². The van der Waals surface area contributed by atoms with Gasteiger partial charge in [-0.05, 0) is 18.2 Å². The van der Waals surface area contributed by atoms with Gasteiger partial charge in [0.1, 0.15) is 5.82 Å². The second-order valence-electron chi connectivity index (χ2n) is 2.43. The average Bonchev–Trinajstić information content (AvgIpc) is 2.05. The summed E-state index contributed by atoms with van der Waals surface area (Å²) >= 11 is 0. The molecule has 2 rings (SSSR count). The molecule has 0 aromatic heterocycles. The van der Waals surface area contributed by atoms with Gasteiger partial charge in [-0.2, -0.15) is 8.42 Å². The first-order chi connectivity index (χ1) is 6.07. The number of hydrogen-bond acceptors (Lipinski definition) is 3. The van der Waals surface area contributed by atoms with Gasteiger partial charge in [-0.25, -0.2) is 4.39 Å². The van der Waals surface area contributed by atoms with Crippen molar-refractivity contribution >= 4 is 16.5 Å². The van der Waals surface area contributed by atoms with Crippen LogP contribution in [-0.4, -0.2) is 14.6 Å². The molecule has 6 heteroatoms. The van der Waals surface area contributed by atoms with Gasteiger partial charge >= 0.3 is 10.3 Å². The third-order valence-electron chi connectivity index (χ3n) is 1.49.